The zero-order valence-electron chi connectivity index (χ0n) is 10.3. The van der Waals surface area contributed by atoms with E-state index in [2.05, 4.69) is 32.7 Å². The van der Waals surface area contributed by atoms with E-state index in [9.17, 15) is 0 Å². The van der Waals surface area contributed by atoms with Gasteiger partial charge in [-0.3, -0.25) is 4.90 Å². The second-order valence-electron chi connectivity index (χ2n) is 4.29. The van der Waals surface area contributed by atoms with Crippen molar-refractivity contribution < 1.29 is 4.74 Å². The molecule has 1 unspecified atom stereocenters. The molecule has 1 atom stereocenters. The van der Waals surface area contributed by atoms with Gasteiger partial charge in [-0.2, -0.15) is 0 Å². The molecule has 0 aliphatic heterocycles. The first kappa shape index (κ1) is 13.9. The van der Waals surface area contributed by atoms with Crippen LogP contribution in [0.1, 0.15) is 33.6 Å². The summed E-state index contributed by atoms with van der Waals surface area (Å²) in [6.07, 6.45) is 2.04. The van der Waals surface area contributed by atoms with Gasteiger partial charge < -0.3 is 10.5 Å². The second-order valence-corrected chi connectivity index (χ2v) is 4.29. The van der Waals surface area contributed by atoms with Crippen molar-refractivity contribution >= 4 is 0 Å². The number of hydrogen-bond acceptors (Lipinski definition) is 3. The average Bonchev–Trinajstić information content (AvgIpc) is 2.18. The monoisotopic (exact) mass is 202 g/mol. The third-order valence-electron chi connectivity index (χ3n) is 3.13. The zero-order chi connectivity index (χ0) is 11.2. The molecule has 0 aromatic carbocycles. The Balaban J connectivity index is 4.07. The zero-order valence-corrected chi connectivity index (χ0v) is 10.3. The molecule has 0 aliphatic carbocycles. The van der Waals surface area contributed by atoms with Crippen LogP contribution in [-0.2, 0) is 4.74 Å². The van der Waals surface area contributed by atoms with Crippen LogP contribution >= 0.6 is 0 Å². The Morgan fingerprint density at radius 2 is 1.86 bits per heavy atom. The van der Waals surface area contributed by atoms with Crippen LogP contribution in [0.2, 0.25) is 0 Å². The van der Waals surface area contributed by atoms with E-state index in [1.807, 2.05) is 0 Å². The fourth-order valence-corrected chi connectivity index (χ4v) is 1.49. The largest absolute Gasteiger partial charge is 0.383 e. The Labute approximate surface area is 88.6 Å². The molecule has 2 N–H and O–H groups in total. The first-order valence-electron chi connectivity index (χ1n) is 5.47. The number of ether oxygens (including phenoxy) is 1. The van der Waals surface area contributed by atoms with Crippen molar-refractivity contribution in [1.29, 1.82) is 0 Å². The number of nitrogens with two attached hydrogens (primary N) is 1. The number of hydrogen-bond donors (Lipinski definition) is 1. The molecule has 0 saturated heterocycles. The third kappa shape index (κ3) is 4.40. The minimum atomic E-state index is -0.0449. The van der Waals surface area contributed by atoms with Crippen LogP contribution in [0.15, 0.2) is 0 Å². The van der Waals surface area contributed by atoms with Crippen LogP contribution < -0.4 is 5.73 Å². The molecule has 0 rings (SSSR count). The molecular weight excluding hydrogens is 176 g/mol. The molecule has 0 aromatic rings. The summed E-state index contributed by atoms with van der Waals surface area (Å²) in [5.74, 6) is 0. The maximum absolute atomic E-state index is 6.25. The SMILES string of the molecule is CCC(N)(CC)CN(C)C(C)COC. The third-order valence-corrected chi connectivity index (χ3v) is 3.13. The number of nitrogens with zero attached hydrogens (tertiary/aromatic N) is 1. The predicted molar refractivity (Wildman–Crippen MR) is 61.5 cm³/mol. The molecule has 0 radical (unpaired) electrons. The first-order valence-corrected chi connectivity index (χ1v) is 5.47. The Kier molecular flexibility index (Phi) is 6.33. The van der Waals surface area contributed by atoms with Crippen molar-refractivity contribution in [1.82, 2.24) is 4.90 Å². The molecule has 0 amide bonds. The van der Waals surface area contributed by atoms with Gasteiger partial charge >= 0.3 is 0 Å². The van der Waals surface area contributed by atoms with Gasteiger partial charge in [-0.15, -0.1) is 0 Å². The fourth-order valence-electron chi connectivity index (χ4n) is 1.49. The normalized spacial score (nSPS) is 14.8. The van der Waals surface area contributed by atoms with Crippen molar-refractivity contribution in [3.8, 4) is 0 Å². The molecule has 0 bridgehead atoms. The number of rotatable bonds is 7. The van der Waals surface area contributed by atoms with Crippen molar-refractivity contribution in [3.63, 3.8) is 0 Å². The Morgan fingerprint density at radius 1 is 1.36 bits per heavy atom. The van der Waals surface area contributed by atoms with E-state index in [0.29, 0.717) is 6.04 Å². The van der Waals surface area contributed by atoms with Crippen molar-refractivity contribution in [2.24, 2.45) is 5.73 Å². The van der Waals surface area contributed by atoms with Gasteiger partial charge in [0.15, 0.2) is 0 Å². The lowest BCUT2D eigenvalue weighted by Crippen LogP contribution is -2.51. The lowest BCUT2D eigenvalue weighted by Gasteiger charge is -2.34. The van der Waals surface area contributed by atoms with E-state index in [0.717, 1.165) is 26.0 Å². The summed E-state index contributed by atoms with van der Waals surface area (Å²) in [5, 5.41) is 0. The smallest absolute Gasteiger partial charge is 0.0615 e. The topological polar surface area (TPSA) is 38.5 Å². The molecule has 86 valence electrons. The van der Waals surface area contributed by atoms with Gasteiger partial charge in [-0.05, 0) is 26.8 Å². The van der Waals surface area contributed by atoms with E-state index < -0.39 is 0 Å². The molecule has 0 aliphatic rings. The summed E-state index contributed by atoms with van der Waals surface area (Å²) in [5.41, 5.74) is 6.20. The van der Waals surface area contributed by atoms with Crippen LogP contribution in [0.25, 0.3) is 0 Å². The summed E-state index contributed by atoms with van der Waals surface area (Å²) >= 11 is 0. The molecule has 0 heterocycles. The van der Waals surface area contributed by atoms with Gasteiger partial charge in [0.05, 0.1) is 6.61 Å². The van der Waals surface area contributed by atoms with Crippen LogP contribution in [0.5, 0.6) is 0 Å². The minimum absolute atomic E-state index is 0.0449. The summed E-state index contributed by atoms with van der Waals surface area (Å²) in [4.78, 5) is 2.27. The van der Waals surface area contributed by atoms with Crippen LogP contribution in [0, 0.1) is 0 Å². The van der Waals surface area contributed by atoms with E-state index in [-0.39, 0.29) is 5.54 Å². The molecule has 0 saturated carbocycles. The molecular formula is C11H26N2O. The lowest BCUT2D eigenvalue weighted by atomic mass is 9.93. The first-order chi connectivity index (χ1) is 6.49. The molecule has 0 spiro atoms. The molecule has 3 nitrogen and oxygen atoms in total. The highest BCUT2D eigenvalue weighted by atomic mass is 16.5. The summed E-state index contributed by atoms with van der Waals surface area (Å²) in [6, 6.07) is 0.432. The fraction of sp³-hybridized carbons (Fsp3) is 1.00. The number of methoxy groups -OCH3 is 1. The summed E-state index contributed by atoms with van der Waals surface area (Å²) < 4.78 is 5.12. The number of likely N-dealkylation sites (N-methyl/N-ethyl adjacent to an activating group) is 1. The molecule has 0 aromatic heterocycles. The lowest BCUT2D eigenvalue weighted by molar-refractivity contribution is 0.0984. The highest BCUT2D eigenvalue weighted by Crippen LogP contribution is 2.13. The van der Waals surface area contributed by atoms with Gasteiger partial charge in [-0.1, -0.05) is 13.8 Å². The van der Waals surface area contributed by atoms with E-state index in [1.54, 1.807) is 7.11 Å². The van der Waals surface area contributed by atoms with Gasteiger partial charge in [0.2, 0.25) is 0 Å². The Morgan fingerprint density at radius 3 is 2.21 bits per heavy atom. The van der Waals surface area contributed by atoms with Crippen molar-refractivity contribution in [2.45, 2.75) is 45.2 Å². The van der Waals surface area contributed by atoms with Crippen LogP contribution in [-0.4, -0.2) is 43.8 Å². The Bertz CT molecular complexity index is 146. The predicted octanol–water partition coefficient (Wildman–Crippen LogP) is 1.47. The molecule has 3 heteroatoms. The molecule has 0 fully saturated rings. The van der Waals surface area contributed by atoms with Crippen LogP contribution in [0.3, 0.4) is 0 Å². The summed E-state index contributed by atoms with van der Waals surface area (Å²) in [6.45, 7) is 8.16. The van der Waals surface area contributed by atoms with Gasteiger partial charge in [0.1, 0.15) is 0 Å². The maximum atomic E-state index is 6.25. The second kappa shape index (κ2) is 6.38. The maximum Gasteiger partial charge on any atom is 0.0615 e. The van der Waals surface area contributed by atoms with Crippen molar-refractivity contribution in [3.05, 3.63) is 0 Å². The average molecular weight is 202 g/mol. The van der Waals surface area contributed by atoms with Gasteiger partial charge in [-0.25, -0.2) is 0 Å². The quantitative estimate of drug-likeness (QED) is 0.679. The van der Waals surface area contributed by atoms with E-state index >= 15 is 0 Å². The van der Waals surface area contributed by atoms with Crippen molar-refractivity contribution in [2.75, 3.05) is 27.3 Å². The van der Waals surface area contributed by atoms with Crippen LogP contribution in [0.4, 0.5) is 0 Å². The van der Waals surface area contributed by atoms with Gasteiger partial charge in [0, 0.05) is 25.2 Å². The highest BCUT2D eigenvalue weighted by molar-refractivity contribution is 4.85. The highest BCUT2D eigenvalue weighted by Gasteiger charge is 2.24. The minimum Gasteiger partial charge on any atom is -0.383 e. The van der Waals surface area contributed by atoms with E-state index in [4.69, 9.17) is 10.5 Å². The molecule has 14 heavy (non-hydrogen) atoms. The van der Waals surface area contributed by atoms with E-state index in [1.165, 1.54) is 0 Å². The summed E-state index contributed by atoms with van der Waals surface area (Å²) in [7, 11) is 3.84. The standard InChI is InChI=1S/C11H26N2O/c1-6-11(12,7-2)9-13(4)10(3)8-14-5/h10H,6-9,12H2,1-5H3. The Hall–Kier alpha value is -0.120. The van der Waals surface area contributed by atoms with Gasteiger partial charge in [0.25, 0.3) is 0 Å².